The summed E-state index contributed by atoms with van der Waals surface area (Å²) in [6.07, 6.45) is 10.2. The van der Waals surface area contributed by atoms with Gasteiger partial charge in [-0.3, -0.25) is 52.7 Å². The van der Waals surface area contributed by atoms with Gasteiger partial charge in [-0.05, 0) is 113 Å². The molecule has 0 radical (unpaired) electrons. The molecule has 0 spiro atoms. The number of aliphatic hydroxyl groups is 1. The van der Waals surface area contributed by atoms with E-state index in [4.69, 9.17) is 5.11 Å². The molecule has 1 aliphatic heterocycles. The molecule has 23 nitrogen and oxygen atoms in total. The number of hydrogen-bond acceptors (Lipinski definition) is 13. The summed E-state index contributed by atoms with van der Waals surface area (Å²) in [5, 5.41) is 36.5. The van der Waals surface area contributed by atoms with Gasteiger partial charge in [0.15, 0.2) is 0 Å². The van der Waals surface area contributed by atoms with Crippen LogP contribution < -0.4 is 53.2 Å². The van der Waals surface area contributed by atoms with Gasteiger partial charge in [-0.2, -0.15) is 0 Å². The molecule has 1 saturated heterocycles. The van der Waals surface area contributed by atoms with E-state index >= 15 is 0 Å². The zero-order chi connectivity index (χ0) is 61.5. The number of hydrogen-bond donors (Lipinski definition) is 11. The zero-order valence-corrected chi connectivity index (χ0v) is 51.4. The lowest BCUT2D eigenvalue weighted by Crippen LogP contribution is -2.66. The predicted octanol–water partition coefficient (Wildman–Crippen LogP) is 2.74. The molecule has 0 aromatic carbocycles. The van der Waals surface area contributed by atoms with Crippen molar-refractivity contribution in [3.8, 4) is 0 Å². The smallest absolute Gasteiger partial charge is 0.246 e. The molecule has 10 amide bonds. The number of nitrogens with one attached hydrogen (secondary N) is 10. The van der Waals surface area contributed by atoms with Crippen LogP contribution in [0.15, 0.2) is 0 Å². The Morgan fingerprint density at radius 3 is 1.72 bits per heavy atom. The predicted molar refractivity (Wildman–Crippen MR) is 311 cm³/mol. The van der Waals surface area contributed by atoms with E-state index in [-0.39, 0.29) is 87.7 Å². The SMILES string of the molecule is CCCCCCCC[C@H](NC(=O)C(C)(C)NC(=O)C(C)(C)NC(=O)[C@H](CCCC(=O)CCCC)NC(=O)C1CCCN1C(=O)CCC)C(=O)N[C@@H](C)C(=O)NC(C)(C)C(=O)N[C@@H](CC(C)C)C(=O)NCCC(=O)N[C@@H](C)CNCCO. The van der Waals surface area contributed by atoms with Crippen molar-refractivity contribution in [1.29, 1.82) is 0 Å². The van der Waals surface area contributed by atoms with Gasteiger partial charge in [-0.1, -0.05) is 79.6 Å². The Hall–Kier alpha value is -5.71. The maximum Gasteiger partial charge on any atom is 0.246 e. The molecular formula is C58H105N11O12. The largest absolute Gasteiger partial charge is 0.395 e. The first-order valence-electron chi connectivity index (χ1n) is 29.9. The van der Waals surface area contributed by atoms with Crippen LogP contribution >= 0.6 is 0 Å². The van der Waals surface area contributed by atoms with Gasteiger partial charge >= 0.3 is 0 Å². The highest BCUT2D eigenvalue weighted by Gasteiger charge is 2.41. The summed E-state index contributed by atoms with van der Waals surface area (Å²) in [6.45, 7) is 22.8. The number of aliphatic hydroxyl groups excluding tert-OH is 1. The van der Waals surface area contributed by atoms with E-state index < -0.39 is 94.1 Å². The number of unbranched alkanes of at least 4 members (excludes halogenated alkanes) is 6. The zero-order valence-electron chi connectivity index (χ0n) is 51.4. The Morgan fingerprint density at radius 1 is 0.543 bits per heavy atom. The molecule has 0 bridgehead atoms. The first-order chi connectivity index (χ1) is 38.0. The van der Waals surface area contributed by atoms with Gasteiger partial charge in [0, 0.05) is 57.9 Å². The van der Waals surface area contributed by atoms with Crippen molar-refractivity contribution < 1.29 is 57.8 Å². The van der Waals surface area contributed by atoms with Gasteiger partial charge in [0.25, 0.3) is 0 Å². The Labute approximate surface area is 482 Å². The number of nitrogens with zero attached hydrogens (tertiary/aromatic N) is 1. The van der Waals surface area contributed by atoms with Gasteiger partial charge in [0.1, 0.15) is 52.6 Å². The maximum absolute atomic E-state index is 14.1. The molecule has 1 unspecified atom stereocenters. The van der Waals surface area contributed by atoms with Crippen molar-refractivity contribution in [2.45, 2.75) is 265 Å². The minimum atomic E-state index is -1.67. The van der Waals surface area contributed by atoms with Gasteiger partial charge in [-0.25, -0.2) is 0 Å². The molecule has 0 saturated carbocycles. The van der Waals surface area contributed by atoms with E-state index in [9.17, 15) is 52.7 Å². The number of carbonyl (C=O) groups is 11. The maximum atomic E-state index is 14.1. The van der Waals surface area contributed by atoms with E-state index in [1.165, 1.54) is 53.4 Å². The molecule has 0 aromatic rings. The fourth-order valence-corrected chi connectivity index (χ4v) is 9.03. The lowest BCUT2D eigenvalue weighted by atomic mass is 9.96. The van der Waals surface area contributed by atoms with Crippen LogP contribution in [-0.2, 0) is 52.7 Å². The number of carbonyl (C=O) groups excluding carboxylic acids is 11. The van der Waals surface area contributed by atoms with Crippen LogP contribution in [0, 0.1) is 5.92 Å². The van der Waals surface area contributed by atoms with Crippen molar-refractivity contribution in [3.05, 3.63) is 0 Å². The van der Waals surface area contributed by atoms with Crippen LogP contribution in [0.25, 0.3) is 0 Å². The molecule has 81 heavy (non-hydrogen) atoms. The third kappa shape index (κ3) is 28.2. The molecule has 1 fully saturated rings. The van der Waals surface area contributed by atoms with Gasteiger partial charge in [0.2, 0.25) is 59.1 Å². The second-order valence-corrected chi connectivity index (χ2v) is 23.8. The number of Topliss-reactive ketones (excluding diaryl/α,β-unsaturated/α-hetero) is 1. The third-order valence-electron chi connectivity index (χ3n) is 14.1. The van der Waals surface area contributed by atoms with Crippen LogP contribution in [0.5, 0.6) is 0 Å². The topological polar surface area (TPSA) is 332 Å². The average Bonchev–Trinajstić information content (AvgIpc) is 3.91. The van der Waals surface area contributed by atoms with Gasteiger partial charge in [0.05, 0.1) is 6.61 Å². The van der Waals surface area contributed by atoms with Gasteiger partial charge < -0.3 is 63.2 Å². The van der Waals surface area contributed by atoms with Crippen LogP contribution in [0.1, 0.15) is 212 Å². The minimum Gasteiger partial charge on any atom is -0.395 e. The van der Waals surface area contributed by atoms with E-state index in [0.717, 1.165) is 44.9 Å². The Kier molecular flexibility index (Phi) is 33.8. The molecule has 464 valence electrons. The number of likely N-dealkylation sites (tertiary alicyclic amines) is 1. The Morgan fingerprint density at radius 2 is 1.10 bits per heavy atom. The van der Waals surface area contributed by atoms with Crippen LogP contribution in [-0.4, -0.2) is 161 Å². The van der Waals surface area contributed by atoms with Crippen molar-refractivity contribution in [3.63, 3.8) is 0 Å². The van der Waals surface area contributed by atoms with Crippen LogP contribution in [0.3, 0.4) is 0 Å². The van der Waals surface area contributed by atoms with Crippen molar-refractivity contribution in [1.82, 2.24) is 58.1 Å². The van der Waals surface area contributed by atoms with E-state index in [1.807, 2.05) is 27.7 Å². The molecular weight excluding hydrogens is 1040 g/mol. The molecule has 11 N–H and O–H groups in total. The lowest BCUT2D eigenvalue weighted by Gasteiger charge is -2.34. The third-order valence-corrected chi connectivity index (χ3v) is 14.1. The molecule has 0 aliphatic carbocycles. The molecule has 0 aromatic heterocycles. The summed E-state index contributed by atoms with van der Waals surface area (Å²) in [4.78, 5) is 150. The van der Waals surface area contributed by atoms with Crippen molar-refractivity contribution >= 4 is 64.9 Å². The number of rotatable bonds is 41. The highest BCUT2D eigenvalue weighted by atomic mass is 16.3. The molecule has 1 rings (SSSR count). The standard InChI is InChI=1S/C58H105N11O12/c1-14-17-19-20-21-22-28-42(50(76)62-40(7)48(74)66-56(8,9)53(79)65-44(36-38(4)5)49(75)60-32-31-46(72)61-39(6)37-59-33-35-70)64-54(80)57(10,11)68-55(81)58(12,13)67-51(77)43(29-23-27-41(71)26-18-15-2)63-52(78)45-30-24-34-69(45)47(73)25-16-3/h38-40,42-45,59,70H,14-37H2,1-13H3,(H,60,75)(H,61,72)(H,62,76)(H,63,78)(H,64,80)(H,65,79)(H,66,74)(H,67,77)(H,68,81)/t39-,40-,42-,43-,44-,45?/m0/s1. The summed E-state index contributed by atoms with van der Waals surface area (Å²) in [5.74, 6) is -5.74. The quantitative estimate of drug-likeness (QED) is 0.0393. The van der Waals surface area contributed by atoms with E-state index in [0.29, 0.717) is 51.7 Å². The summed E-state index contributed by atoms with van der Waals surface area (Å²) < 4.78 is 0. The number of ketones is 1. The van der Waals surface area contributed by atoms with Gasteiger partial charge in [-0.15, -0.1) is 0 Å². The fourth-order valence-electron chi connectivity index (χ4n) is 9.03. The highest BCUT2D eigenvalue weighted by molar-refractivity contribution is 6.00. The summed E-state index contributed by atoms with van der Waals surface area (Å²) >= 11 is 0. The first kappa shape index (κ1) is 73.3. The average molecular weight is 1150 g/mol. The van der Waals surface area contributed by atoms with E-state index in [2.05, 4.69) is 60.1 Å². The van der Waals surface area contributed by atoms with Crippen molar-refractivity contribution in [2.24, 2.45) is 5.92 Å². The highest BCUT2D eigenvalue weighted by Crippen LogP contribution is 2.21. The van der Waals surface area contributed by atoms with Crippen LogP contribution in [0.2, 0.25) is 0 Å². The normalized spacial score (nSPS) is 15.5. The summed E-state index contributed by atoms with van der Waals surface area (Å²) in [5.41, 5.74) is -4.91. The molecule has 1 aliphatic rings. The molecule has 6 atom stereocenters. The monoisotopic (exact) mass is 1150 g/mol. The Bertz CT molecular complexity index is 2070. The Balaban J connectivity index is 3.18. The lowest BCUT2D eigenvalue weighted by molar-refractivity contribution is -0.141. The number of amides is 10. The second kappa shape index (κ2) is 37.4. The van der Waals surface area contributed by atoms with E-state index in [1.54, 1.807) is 6.92 Å². The first-order valence-corrected chi connectivity index (χ1v) is 29.9. The minimum absolute atomic E-state index is 0.00799. The molecule has 23 heteroatoms. The fraction of sp³-hybridized carbons (Fsp3) is 0.810. The molecule has 1 heterocycles. The second-order valence-electron chi connectivity index (χ2n) is 23.8. The van der Waals surface area contributed by atoms with Crippen molar-refractivity contribution in [2.75, 3.05) is 32.8 Å². The van der Waals surface area contributed by atoms with Crippen LogP contribution in [0.4, 0.5) is 0 Å². The summed E-state index contributed by atoms with van der Waals surface area (Å²) in [6, 6.07) is -5.51. The summed E-state index contributed by atoms with van der Waals surface area (Å²) in [7, 11) is 0.